The van der Waals surface area contributed by atoms with Crippen LogP contribution in [0.25, 0.3) is 0 Å². The molecule has 5 heteroatoms. The molecule has 0 atom stereocenters. The van der Waals surface area contributed by atoms with Gasteiger partial charge in [-0.2, -0.15) is 0 Å². The molecule has 0 heterocycles. The second kappa shape index (κ2) is 13.7. The summed E-state index contributed by atoms with van der Waals surface area (Å²) in [5.41, 5.74) is 0. The van der Waals surface area contributed by atoms with Gasteiger partial charge in [-0.1, -0.05) is 80.6 Å². The molecule has 3 radical (unpaired) electrons. The molecule has 2 nitrogen and oxygen atoms in total. The standard InChI is InChI=1S/C21H47O2Si3/c1-8-15-22-25(17-10-3,18-11-4)21(24,14-7)26(19-12-5,20-13-6)23-16-9-2/h8-20H2,1-7H3. The highest BCUT2D eigenvalue weighted by molar-refractivity contribution is 7.03. The van der Waals surface area contributed by atoms with Crippen LogP contribution in [0, 0.1) is 0 Å². The van der Waals surface area contributed by atoms with Gasteiger partial charge in [0.2, 0.25) is 0 Å². The van der Waals surface area contributed by atoms with E-state index in [4.69, 9.17) is 8.85 Å². The first kappa shape index (κ1) is 26.6. The van der Waals surface area contributed by atoms with Gasteiger partial charge in [-0.25, -0.2) is 0 Å². The molecule has 0 amide bonds. The molecule has 0 aromatic heterocycles. The third kappa shape index (κ3) is 6.03. The van der Waals surface area contributed by atoms with Gasteiger partial charge in [0.1, 0.15) is 0 Å². The lowest BCUT2D eigenvalue weighted by Gasteiger charge is -2.56. The smallest absolute Gasteiger partial charge is 0.195 e. The van der Waals surface area contributed by atoms with Gasteiger partial charge >= 0.3 is 0 Å². The van der Waals surface area contributed by atoms with E-state index in [2.05, 4.69) is 58.7 Å². The third-order valence-electron chi connectivity index (χ3n) is 5.87. The van der Waals surface area contributed by atoms with Gasteiger partial charge in [0.15, 0.2) is 16.6 Å². The lowest BCUT2D eigenvalue weighted by atomic mass is 10.5. The Labute approximate surface area is 170 Å². The van der Waals surface area contributed by atoms with Crippen LogP contribution in [0.1, 0.15) is 93.4 Å². The van der Waals surface area contributed by atoms with Gasteiger partial charge in [-0.15, -0.1) is 0 Å². The average molecular weight is 416 g/mol. The lowest BCUT2D eigenvalue weighted by molar-refractivity contribution is 0.262. The predicted octanol–water partition coefficient (Wildman–Crippen LogP) is 7.19. The molecule has 0 rings (SSSR count). The second-order valence-corrected chi connectivity index (χ2v) is 18.6. The molecule has 0 saturated carbocycles. The average Bonchev–Trinajstić information content (AvgIpc) is 2.64. The SMILES string of the molecule is CCCO[Si](CCC)(CCC)C([Si])(CC)[Si](CCC)(CCC)OCCC. The summed E-state index contributed by atoms with van der Waals surface area (Å²) in [4.78, 5) is 0. The molecule has 0 fully saturated rings. The van der Waals surface area contributed by atoms with Crippen LogP contribution in [0.2, 0.25) is 28.5 Å². The van der Waals surface area contributed by atoms with Crippen molar-refractivity contribution in [3.05, 3.63) is 0 Å². The van der Waals surface area contributed by atoms with E-state index >= 15 is 0 Å². The molecule has 0 saturated heterocycles. The highest BCUT2D eigenvalue weighted by atomic mass is 28.4. The maximum atomic E-state index is 6.94. The first-order valence-electron chi connectivity index (χ1n) is 11.5. The van der Waals surface area contributed by atoms with E-state index in [0.717, 1.165) is 32.5 Å². The van der Waals surface area contributed by atoms with E-state index in [1.165, 1.54) is 49.9 Å². The zero-order valence-electron chi connectivity index (χ0n) is 19.0. The predicted molar refractivity (Wildman–Crippen MR) is 123 cm³/mol. The fraction of sp³-hybridized carbons (Fsp3) is 1.00. The van der Waals surface area contributed by atoms with Crippen LogP contribution in [-0.4, -0.2) is 40.1 Å². The largest absolute Gasteiger partial charge is 0.417 e. The minimum atomic E-state index is -1.98. The quantitative estimate of drug-likeness (QED) is 0.234. The molecule has 0 unspecified atom stereocenters. The minimum absolute atomic E-state index is 0.113. The van der Waals surface area contributed by atoms with Gasteiger partial charge in [0, 0.05) is 23.5 Å². The Morgan fingerprint density at radius 2 is 0.885 bits per heavy atom. The maximum absolute atomic E-state index is 6.94. The molecule has 0 spiro atoms. The van der Waals surface area contributed by atoms with Crippen LogP contribution < -0.4 is 0 Å². The van der Waals surface area contributed by atoms with Crippen molar-refractivity contribution in [3.8, 4) is 0 Å². The molecule has 0 N–H and O–H groups in total. The van der Waals surface area contributed by atoms with Crippen LogP contribution in [0.15, 0.2) is 0 Å². The Hall–Kier alpha value is 0.571. The van der Waals surface area contributed by atoms with E-state index in [1.54, 1.807) is 0 Å². The molecular weight excluding hydrogens is 368 g/mol. The van der Waals surface area contributed by atoms with Crippen molar-refractivity contribution >= 4 is 26.9 Å². The summed E-state index contributed by atoms with van der Waals surface area (Å²) in [6.07, 6.45) is 8.25. The van der Waals surface area contributed by atoms with Crippen molar-refractivity contribution < 1.29 is 8.85 Å². The Morgan fingerprint density at radius 1 is 0.577 bits per heavy atom. The van der Waals surface area contributed by atoms with E-state index < -0.39 is 16.6 Å². The van der Waals surface area contributed by atoms with Crippen LogP contribution in [0.3, 0.4) is 0 Å². The molecule has 0 aromatic rings. The van der Waals surface area contributed by atoms with Crippen LogP contribution in [-0.2, 0) is 8.85 Å². The first-order valence-corrected chi connectivity index (χ1v) is 16.6. The molecule has 0 aromatic carbocycles. The van der Waals surface area contributed by atoms with Crippen LogP contribution >= 0.6 is 0 Å². The third-order valence-corrected chi connectivity index (χ3v) is 22.2. The van der Waals surface area contributed by atoms with Crippen molar-refractivity contribution in [1.82, 2.24) is 0 Å². The summed E-state index contributed by atoms with van der Waals surface area (Å²) in [7, 11) is 0.579. The summed E-state index contributed by atoms with van der Waals surface area (Å²) in [6, 6.07) is 5.04. The maximum Gasteiger partial charge on any atom is 0.195 e. The topological polar surface area (TPSA) is 18.5 Å². The highest BCUT2D eigenvalue weighted by Crippen LogP contribution is 2.55. The molecule has 26 heavy (non-hydrogen) atoms. The first-order chi connectivity index (χ1) is 12.4. The van der Waals surface area contributed by atoms with Gasteiger partial charge < -0.3 is 8.85 Å². The number of rotatable bonds is 17. The fourth-order valence-electron chi connectivity index (χ4n) is 4.91. The zero-order valence-corrected chi connectivity index (χ0v) is 22.0. The molecule has 0 aliphatic heterocycles. The monoisotopic (exact) mass is 415 g/mol. The van der Waals surface area contributed by atoms with E-state index in [1.807, 2.05) is 0 Å². The van der Waals surface area contributed by atoms with Crippen molar-refractivity contribution in [1.29, 1.82) is 0 Å². The van der Waals surface area contributed by atoms with E-state index in [-0.39, 0.29) is 4.28 Å². The number of hydrogen-bond donors (Lipinski definition) is 0. The van der Waals surface area contributed by atoms with Crippen molar-refractivity contribution in [2.45, 2.75) is 122 Å². The van der Waals surface area contributed by atoms with Gasteiger partial charge in [-0.05, 0) is 41.3 Å². The van der Waals surface area contributed by atoms with Crippen molar-refractivity contribution in [3.63, 3.8) is 0 Å². The Bertz CT molecular complexity index is 310. The molecular formula is C21H47O2Si3. The molecule has 0 aliphatic carbocycles. The summed E-state index contributed by atoms with van der Waals surface area (Å²) < 4.78 is 14.0. The highest BCUT2D eigenvalue weighted by Gasteiger charge is 2.62. The van der Waals surface area contributed by atoms with Gasteiger partial charge in [0.05, 0.1) is 0 Å². The van der Waals surface area contributed by atoms with Crippen LogP contribution in [0.4, 0.5) is 0 Å². The minimum Gasteiger partial charge on any atom is -0.417 e. The molecule has 155 valence electrons. The van der Waals surface area contributed by atoms with E-state index in [0.29, 0.717) is 0 Å². The van der Waals surface area contributed by atoms with Crippen molar-refractivity contribution in [2.24, 2.45) is 0 Å². The molecule has 0 bridgehead atoms. The summed E-state index contributed by atoms with van der Waals surface area (Å²) in [5, 5.41) is 0. The second-order valence-electron chi connectivity index (χ2n) is 7.94. The Morgan fingerprint density at radius 3 is 1.08 bits per heavy atom. The van der Waals surface area contributed by atoms with Crippen LogP contribution in [0.5, 0.6) is 0 Å². The molecule has 0 aliphatic rings. The van der Waals surface area contributed by atoms with E-state index in [9.17, 15) is 0 Å². The lowest BCUT2D eigenvalue weighted by Crippen LogP contribution is -2.66. The van der Waals surface area contributed by atoms with Crippen molar-refractivity contribution in [2.75, 3.05) is 13.2 Å². The normalized spacial score (nSPS) is 13.4. The summed E-state index contributed by atoms with van der Waals surface area (Å²) in [6.45, 7) is 18.1. The number of hydrogen-bond acceptors (Lipinski definition) is 2. The van der Waals surface area contributed by atoms with Gasteiger partial charge in [-0.3, -0.25) is 0 Å². The summed E-state index contributed by atoms with van der Waals surface area (Å²) >= 11 is 0. The fourth-order valence-corrected chi connectivity index (χ4v) is 21.1. The van der Waals surface area contributed by atoms with Gasteiger partial charge in [0.25, 0.3) is 0 Å². The zero-order chi connectivity index (χ0) is 20.1. The summed E-state index contributed by atoms with van der Waals surface area (Å²) in [5.74, 6) is 0. The Kier molecular flexibility index (Phi) is 14.0. The Balaban J connectivity index is 6.35.